The highest BCUT2D eigenvalue weighted by Gasteiger charge is 2.36. The van der Waals surface area contributed by atoms with Gasteiger partial charge in [-0.3, -0.25) is 9.69 Å². The molecule has 1 spiro atoms. The molecule has 1 fully saturated rings. The van der Waals surface area contributed by atoms with Crippen LogP contribution in [0.25, 0.3) is 0 Å². The van der Waals surface area contributed by atoms with Crippen molar-refractivity contribution in [2.75, 3.05) is 39.9 Å². The van der Waals surface area contributed by atoms with E-state index in [0.29, 0.717) is 6.61 Å². The van der Waals surface area contributed by atoms with Gasteiger partial charge in [0.2, 0.25) is 5.91 Å². The summed E-state index contributed by atoms with van der Waals surface area (Å²) in [4.78, 5) is 16.5. The van der Waals surface area contributed by atoms with Crippen LogP contribution in [0.5, 0.6) is 11.5 Å². The predicted molar refractivity (Wildman–Crippen MR) is 132 cm³/mol. The molecule has 2 aliphatic heterocycles. The number of amides is 1. The van der Waals surface area contributed by atoms with Crippen molar-refractivity contribution in [2.24, 2.45) is 5.41 Å². The Morgan fingerprint density at radius 2 is 1.76 bits per heavy atom. The van der Waals surface area contributed by atoms with E-state index in [1.54, 1.807) is 14.0 Å². The summed E-state index contributed by atoms with van der Waals surface area (Å²) in [6, 6.07) is 16.9. The molecule has 0 N–H and O–H groups in total. The number of fused-ring (bicyclic) bond motifs is 1. The molecule has 2 aromatic rings. The number of piperidine rings is 1. The molecule has 1 saturated heterocycles. The second-order valence-electron chi connectivity index (χ2n) is 9.73. The van der Waals surface area contributed by atoms with Gasteiger partial charge in [0.25, 0.3) is 0 Å². The lowest BCUT2D eigenvalue weighted by Gasteiger charge is -2.45. The third-order valence-electron chi connectivity index (χ3n) is 7.43. The largest absolute Gasteiger partial charge is 0.497 e. The average Bonchev–Trinajstić information content (AvgIpc) is 2.83. The number of carbonyl (C=O) groups excluding carboxylic acids is 1. The van der Waals surface area contributed by atoms with Gasteiger partial charge in [0.15, 0.2) is 0 Å². The first-order valence-corrected chi connectivity index (χ1v) is 12.4. The van der Waals surface area contributed by atoms with Gasteiger partial charge < -0.3 is 14.4 Å². The fraction of sp³-hybridized carbons (Fsp3) is 0.536. The molecule has 5 nitrogen and oxygen atoms in total. The second kappa shape index (κ2) is 11.1. The van der Waals surface area contributed by atoms with Crippen LogP contribution in [0.4, 0.5) is 0 Å². The first-order chi connectivity index (χ1) is 16.1. The zero-order chi connectivity index (χ0) is 23.1. The molecule has 2 heterocycles. The Labute approximate surface area is 198 Å². The monoisotopic (exact) mass is 450 g/mol. The molecule has 0 unspecified atom stereocenters. The predicted octanol–water partition coefficient (Wildman–Crippen LogP) is 4.93. The lowest BCUT2D eigenvalue weighted by atomic mass is 9.73. The van der Waals surface area contributed by atoms with Gasteiger partial charge in [-0.05, 0) is 66.8 Å². The van der Waals surface area contributed by atoms with Gasteiger partial charge in [-0.25, -0.2) is 0 Å². The number of likely N-dealkylation sites (tertiary alicyclic amines) is 1. The molecular weight excluding hydrogens is 412 g/mol. The van der Waals surface area contributed by atoms with E-state index < -0.39 is 0 Å². The fourth-order valence-corrected chi connectivity index (χ4v) is 5.41. The summed E-state index contributed by atoms with van der Waals surface area (Å²) in [5, 5.41) is 0. The second-order valence-corrected chi connectivity index (χ2v) is 9.73. The summed E-state index contributed by atoms with van der Waals surface area (Å²) < 4.78 is 11.6. The minimum atomic E-state index is 0.207. The maximum Gasteiger partial charge on any atom is 0.219 e. The number of ether oxygens (including phenoxy) is 2. The first kappa shape index (κ1) is 23.6. The van der Waals surface area contributed by atoms with Gasteiger partial charge >= 0.3 is 0 Å². The van der Waals surface area contributed by atoms with Crippen molar-refractivity contribution in [3.63, 3.8) is 0 Å². The van der Waals surface area contributed by atoms with Crippen LogP contribution in [-0.4, -0.2) is 55.6 Å². The molecule has 2 aromatic carbocycles. The Bertz CT molecular complexity index is 904. The number of methoxy groups -OCH3 is 1. The Morgan fingerprint density at radius 1 is 1.00 bits per heavy atom. The first-order valence-electron chi connectivity index (χ1n) is 12.4. The smallest absolute Gasteiger partial charge is 0.219 e. The maximum atomic E-state index is 11.9. The lowest BCUT2D eigenvalue weighted by molar-refractivity contribution is -0.131. The fourth-order valence-electron chi connectivity index (χ4n) is 5.41. The molecule has 1 amide bonds. The van der Waals surface area contributed by atoms with E-state index in [4.69, 9.17) is 9.47 Å². The Hall–Kier alpha value is -2.53. The number of aryl methyl sites for hydroxylation is 1. The van der Waals surface area contributed by atoms with E-state index >= 15 is 0 Å². The molecule has 0 atom stereocenters. The van der Waals surface area contributed by atoms with Crippen molar-refractivity contribution in [1.29, 1.82) is 0 Å². The van der Waals surface area contributed by atoms with Crippen molar-refractivity contribution in [1.82, 2.24) is 9.80 Å². The summed E-state index contributed by atoms with van der Waals surface area (Å²) in [6.45, 7) is 6.98. The topological polar surface area (TPSA) is 42.0 Å². The number of hydrogen-bond donors (Lipinski definition) is 0. The van der Waals surface area contributed by atoms with E-state index in [1.807, 2.05) is 17.0 Å². The summed E-state index contributed by atoms with van der Waals surface area (Å²) in [5.74, 6) is 2.13. The average molecular weight is 451 g/mol. The normalized spacial score (nSPS) is 19.6. The summed E-state index contributed by atoms with van der Waals surface area (Å²) in [6.07, 6.45) is 6.86. The highest BCUT2D eigenvalue weighted by Crippen LogP contribution is 2.38. The van der Waals surface area contributed by atoms with Crippen molar-refractivity contribution >= 4 is 5.91 Å². The molecule has 33 heavy (non-hydrogen) atoms. The van der Waals surface area contributed by atoms with Crippen LogP contribution >= 0.6 is 0 Å². The zero-order valence-electron chi connectivity index (χ0n) is 20.2. The number of rotatable bonds is 3. The molecule has 2 aliphatic rings. The minimum absolute atomic E-state index is 0.207. The molecule has 0 saturated carbocycles. The van der Waals surface area contributed by atoms with Crippen LogP contribution in [-0.2, 0) is 17.8 Å². The van der Waals surface area contributed by atoms with E-state index in [-0.39, 0.29) is 11.3 Å². The van der Waals surface area contributed by atoms with Crippen LogP contribution in [0.1, 0.15) is 50.2 Å². The van der Waals surface area contributed by atoms with E-state index in [9.17, 15) is 4.79 Å². The molecule has 0 bridgehead atoms. The molecule has 0 aliphatic carbocycles. The summed E-state index contributed by atoms with van der Waals surface area (Å²) >= 11 is 0. The van der Waals surface area contributed by atoms with Gasteiger partial charge in [0.1, 0.15) is 18.1 Å². The van der Waals surface area contributed by atoms with Crippen LogP contribution < -0.4 is 9.47 Å². The lowest BCUT2D eigenvalue weighted by Crippen LogP contribution is -2.48. The van der Waals surface area contributed by atoms with Gasteiger partial charge in [0.05, 0.1) is 7.11 Å². The molecule has 0 radical (unpaired) electrons. The van der Waals surface area contributed by atoms with Crippen molar-refractivity contribution in [3.05, 3.63) is 59.7 Å². The number of para-hydroxylation sites is 1. The SMILES string of the molecule is COc1ccc(CN2CCOc3ccccc3CCCCC3(CCN(C(C)=O)CC3)C2)cc1. The minimum Gasteiger partial charge on any atom is -0.497 e. The highest BCUT2D eigenvalue weighted by molar-refractivity contribution is 5.73. The summed E-state index contributed by atoms with van der Waals surface area (Å²) in [7, 11) is 1.71. The van der Waals surface area contributed by atoms with Crippen molar-refractivity contribution in [2.45, 2.75) is 52.0 Å². The molecule has 178 valence electrons. The van der Waals surface area contributed by atoms with Crippen LogP contribution in [0.2, 0.25) is 0 Å². The Kier molecular flexibility index (Phi) is 7.92. The van der Waals surface area contributed by atoms with Gasteiger partial charge in [-0.15, -0.1) is 0 Å². The molecular formula is C28H38N2O3. The van der Waals surface area contributed by atoms with Gasteiger partial charge in [-0.1, -0.05) is 36.8 Å². The van der Waals surface area contributed by atoms with Gasteiger partial charge in [0, 0.05) is 39.6 Å². The third-order valence-corrected chi connectivity index (χ3v) is 7.43. The molecule has 0 aromatic heterocycles. The number of nitrogens with zero attached hydrogens (tertiary/aromatic N) is 2. The van der Waals surface area contributed by atoms with E-state index in [2.05, 4.69) is 41.3 Å². The van der Waals surface area contributed by atoms with E-state index in [1.165, 1.54) is 30.4 Å². The van der Waals surface area contributed by atoms with Crippen molar-refractivity contribution in [3.8, 4) is 11.5 Å². The summed E-state index contributed by atoms with van der Waals surface area (Å²) in [5.41, 5.74) is 2.87. The van der Waals surface area contributed by atoms with Gasteiger partial charge in [-0.2, -0.15) is 0 Å². The third kappa shape index (κ3) is 6.29. The number of benzene rings is 2. The van der Waals surface area contributed by atoms with E-state index in [0.717, 1.165) is 63.5 Å². The maximum absolute atomic E-state index is 11.9. The standard InChI is InChI=1S/C28H38N2O3/c1-23(31)30-17-15-28(16-18-30)14-6-5-8-25-7-3-4-9-27(25)33-20-19-29(22-28)21-24-10-12-26(32-2)13-11-24/h3-4,7,9-13H,5-6,8,14-22H2,1-2H3. The molecule has 5 heteroatoms. The molecule has 4 rings (SSSR count). The number of hydrogen-bond acceptors (Lipinski definition) is 4. The Balaban J connectivity index is 1.53. The van der Waals surface area contributed by atoms with Crippen LogP contribution in [0.15, 0.2) is 48.5 Å². The van der Waals surface area contributed by atoms with Crippen LogP contribution in [0.3, 0.4) is 0 Å². The van der Waals surface area contributed by atoms with Crippen LogP contribution in [0, 0.1) is 5.41 Å². The number of carbonyl (C=O) groups is 1. The highest BCUT2D eigenvalue weighted by atomic mass is 16.5. The van der Waals surface area contributed by atoms with Crippen molar-refractivity contribution < 1.29 is 14.3 Å². The Morgan fingerprint density at radius 3 is 2.48 bits per heavy atom. The quantitative estimate of drug-likeness (QED) is 0.665. The zero-order valence-corrected chi connectivity index (χ0v) is 20.2.